The molecule has 0 aliphatic heterocycles. The van der Waals surface area contributed by atoms with Crippen molar-refractivity contribution >= 4 is 5.91 Å². The molecule has 0 saturated carbocycles. The van der Waals surface area contributed by atoms with Crippen molar-refractivity contribution in [2.75, 3.05) is 13.2 Å². The van der Waals surface area contributed by atoms with E-state index in [1.165, 1.54) is 5.56 Å². The summed E-state index contributed by atoms with van der Waals surface area (Å²) in [5, 5.41) is 2.71. The molecule has 0 unspecified atom stereocenters. The summed E-state index contributed by atoms with van der Waals surface area (Å²) in [6, 6.07) is 5.78. The summed E-state index contributed by atoms with van der Waals surface area (Å²) in [4.78, 5) is 11.4. The molecule has 3 heteroatoms. The van der Waals surface area contributed by atoms with E-state index in [4.69, 9.17) is 4.74 Å². The molecule has 1 amide bonds. The van der Waals surface area contributed by atoms with Crippen LogP contribution in [0.2, 0.25) is 0 Å². The van der Waals surface area contributed by atoms with Crippen LogP contribution in [0.25, 0.3) is 0 Å². The van der Waals surface area contributed by atoms with Crippen molar-refractivity contribution < 1.29 is 9.53 Å². The third kappa shape index (κ3) is 4.72. The first-order chi connectivity index (χ1) is 7.99. The highest BCUT2D eigenvalue weighted by Crippen LogP contribution is 2.16. The van der Waals surface area contributed by atoms with Crippen molar-refractivity contribution in [1.29, 1.82) is 0 Å². The van der Waals surface area contributed by atoms with E-state index >= 15 is 0 Å². The monoisotopic (exact) mass is 233 g/mol. The first kappa shape index (κ1) is 13.3. The number of nitrogens with one attached hydrogen (secondary N) is 1. The number of benzene rings is 1. The molecule has 0 bridgehead atoms. The second-order valence-corrected chi connectivity index (χ2v) is 4.27. The molecule has 0 aliphatic carbocycles. The summed E-state index contributed by atoms with van der Waals surface area (Å²) in [6.45, 7) is 10.2. The van der Waals surface area contributed by atoms with Crippen LogP contribution in [0.15, 0.2) is 30.4 Å². The Morgan fingerprint density at radius 1 is 1.35 bits per heavy atom. The average molecular weight is 233 g/mol. The normalized spacial score (nSPS) is 9.82. The summed E-state index contributed by atoms with van der Waals surface area (Å²) >= 11 is 0. The molecular formula is C14H19NO2. The van der Waals surface area contributed by atoms with E-state index in [2.05, 4.69) is 11.9 Å². The summed E-state index contributed by atoms with van der Waals surface area (Å²) in [5.74, 6) is 0.588. The third-order valence-electron chi connectivity index (χ3n) is 2.44. The molecule has 3 nitrogen and oxygen atoms in total. The summed E-state index contributed by atoms with van der Waals surface area (Å²) in [6.07, 6.45) is 0. The van der Waals surface area contributed by atoms with Crippen molar-refractivity contribution in [2.45, 2.75) is 20.8 Å². The Hall–Kier alpha value is -1.77. The molecule has 0 fully saturated rings. The van der Waals surface area contributed by atoms with E-state index in [-0.39, 0.29) is 12.5 Å². The van der Waals surface area contributed by atoms with E-state index in [0.29, 0.717) is 6.54 Å². The van der Waals surface area contributed by atoms with Gasteiger partial charge in [-0.3, -0.25) is 4.79 Å². The summed E-state index contributed by atoms with van der Waals surface area (Å²) in [5.41, 5.74) is 3.29. The molecule has 0 saturated heterocycles. The van der Waals surface area contributed by atoms with Crippen molar-refractivity contribution in [1.82, 2.24) is 5.32 Å². The van der Waals surface area contributed by atoms with Gasteiger partial charge in [0.25, 0.3) is 5.91 Å². The van der Waals surface area contributed by atoms with Gasteiger partial charge in [0.15, 0.2) is 6.61 Å². The van der Waals surface area contributed by atoms with E-state index in [1.54, 1.807) is 0 Å². The van der Waals surface area contributed by atoms with E-state index in [0.717, 1.165) is 16.9 Å². The lowest BCUT2D eigenvalue weighted by atomic mass is 10.1. The number of carbonyl (C=O) groups is 1. The van der Waals surface area contributed by atoms with Gasteiger partial charge in [-0.15, -0.1) is 0 Å². The number of hydrogen-bond acceptors (Lipinski definition) is 2. The van der Waals surface area contributed by atoms with Crippen LogP contribution in [-0.2, 0) is 4.79 Å². The SMILES string of the molecule is C=C(C)CNC(=O)COc1ccc(C)c(C)c1. The first-order valence-electron chi connectivity index (χ1n) is 5.60. The van der Waals surface area contributed by atoms with Crippen LogP contribution in [0.1, 0.15) is 18.1 Å². The molecule has 92 valence electrons. The van der Waals surface area contributed by atoms with Crippen molar-refractivity contribution in [3.05, 3.63) is 41.5 Å². The Kier molecular flexibility index (Phi) is 4.76. The zero-order valence-corrected chi connectivity index (χ0v) is 10.7. The average Bonchev–Trinajstić information content (AvgIpc) is 2.28. The quantitative estimate of drug-likeness (QED) is 0.793. The van der Waals surface area contributed by atoms with Crippen LogP contribution in [0.5, 0.6) is 5.75 Å². The second kappa shape index (κ2) is 6.09. The Morgan fingerprint density at radius 2 is 2.06 bits per heavy atom. The standard InChI is InChI=1S/C14H19NO2/c1-10(2)8-15-14(16)9-17-13-6-5-11(3)12(4)7-13/h5-7H,1,8-9H2,2-4H3,(H,15,16). The predicted octanol–water partition coefficient (Wildman–Crippen LogP) is 2.37. The van der Waals surface area contributed by atoms with Gasteiger partial charge in [0.1, 0.15) is 5.75 Å². The van der Waals surface area contributed by atoms with Crippen molar-refractivity contribution in [3.63, 3.8) is 0 Å². The minimum atomic E-state index is -0.133. The fourth-order valence-electron chi connectivity index (χ4n) is 1.25. The molecule has 0 aliphatic rings. The van der Waals surface area contributed by atoms with Crippen LogP contribution in [-0.4, -0.2) is 19.1 Å². The van der Waals surface area contributed by atoms with E-state index in [9.17, 15) is 4.79 Å². The molecule has 0 spiro atoms. The van der Waals surface area contributed by atoms with Gasteiger partial charge in [-0.25, -0.2) is 0 Å². The van der Waals surface area contributed by atoms with Gasteiger partial charge < -0.3 is 10.1 Å². The topological polar surface area (TPSA) is 38.3 Å². The minimum Gasteiger partial charge on any atom is -0.484 e. The zero-order chi connectivity index (χ0) is 12.8. The molecule has 1 aromatic carbocycles. The number of amides is 1. The molecule has 0 heterocycles. The van der Waals surface area contributed by atoms with Crippen LogP contribution >= 0.6 is 0 Å². The number of carbonyl (C=O) groups excluding carboxylic acids is 1. The van der Waals surface area contributed by atoms with Gasteiger partial charge in [0, 0.05) is 6.54 Å². The molecule has 1 aromatic rings. The minimum absolute atomic E-state index is 0.0375. The first-order valence-corrected chi connectivity index (χ1v) is 5.60. The van der Waals surface area contributed by atoms with Crippen molar-refractivity contribution in [2.24, 2.45) is 0 Å². The number of aryl methyl sites for hydroxylation is 2. The highest BCUT2D eigenvalue weighted by molar-refractivity contribution is 5.77. The molecule has 17 heavy (non-hydrogen) atoms. The lowest BCUT2D eigenvalue weighted by Crippen LogP contribution is -2.29. The number of hydrogen-bond donors (Lipinski definition) is 1. The zero-order valence-electron chi connectivity index (χ0n) is 10.7. The largest absolute Gasteiger partial charge is 0.484 e. The fraction of sp³-hybridized carbons (Fsp3) is 0.357. The second-order valence-electron chi connectivity index (χ2n) is 4.27. The van der Waals surface area contributed by atoms with Gasteiger partial charge >= 0.3 is 0 Å². The van der Waals surface area contributed by atoms with Crippen LogP contribution in [0, 0.1) is 13.8 Å². The molecule has 0 aromatic heterocycles. The Labute approximate surface area is 102 Å². The Bertz CT molecular complexity index is 424. The lowest BCUT2D eigenvalue weighted by molar-refractivity contribution is -0.122. The van der Waals surface area contributed by atoms with Crippen molar-refractivity contribution in [3.8, 4) is 5.75 Å². The van der Waals surface area contributed by atoms with Crippen LogP contribution in [0.4, 0.5) is 0 Å². The van der Waals surface area contributed by atoms with Gasteiger partial charge in [-0.05, 0) is 44.0 Å². The number of rotatable bonds is 5. The molecule has 0 radical (unpaired) electrons. The fourth-order valence-corrected chi connectivity index (χ4v) is 1.25. The van der Waals surface area contributed by atoms with Crippen LogP contribution < -0.4 is 10.1 Å². The van der Waals surface area contributed by atoms with Gasteiger partial charge in [-0.2, -0.15) is 0 Å². The third-order valence-corrected chi connectivity index (χ3v) is 2.44. The molecule has 1 N–H and O–H groups in total. The maximum Gasteiger partial charge on any atom is 0.258 e. The maximum absolute atomic E-state index is 11.4. The maximum atomic E-state index is 11.4. The summed E-state index contributed by atoms with van der Waals surface area (Å²) < 4.78 is 5.39. The predicted molar refractivity (Wildman–Crippen MR) is 69.2 cm³/mol. The summed E-state index contributed by atoms with van der Waals surface area (Å²) in [7, 11) is 0. The van der Waals surface area contributed by atoms with Gasteiger partial charge in [0.2, 0.25) is 0 Å². The van der Waals surface area contributed by atoms with E-state index < -0.39 is 0 Å². The van der Waals surface area contributed by atoms with Crippen LogP contribution in [0.3, 0.4) is 0 Å². The number of ether oxygens (including phenoxy) is 1. The smallest absolute Gasteiger partial charge is 0.258 e. The Balaban J connectivity index is 2.42. The highest BCUT2D eigenvalue weighted by Gasteiger charge is 2.03. The Morgan fingerprint density at radius 3 is 2.65 bits per heavy atom. The van der Waals surface area contributed by atoms with E-state index in [1.807, 2.05) is 39.0 Å². The molecular weight excluding hydrogens is 214 g/mol. The highest BCUT2D eigenvalue weighted by atomic mass is 16.5. The molecule has 1 rings (SSSR count). The lowest BCUT2D eigenvalue weighted by Gasteiger charge is -2.08. The van der Waals surface area contributed by atoms with Gasteiger partial charge in [-0.1, -0.05) is 18.2 Å². The van der Waals surface area contributed by atoms with Gasteiger partial charge in [0.05, 0.1) is 0 Å². The molecule has 0 atom stereocenters.